The van der Waals surface area contributed by atoms with Crippen LogP contribution in [0.3, 0.4) is 0 Å². The van der Waals surface area contributed by atoms with Crippen LogP contribution >= 0.6 is 35.4 Å². The lowest BCUT2D eigenvalue weighted by molar-refractivity contribution is 0.485. The van der Waals surface area contributed by atoms with Crippen molar-refractivity contribution in [2.24, 2.45) is 0 Å². The molecule has 0 atom stereocenters. The van der Waals surface area contributed by atoms with Crippen LogP contribution < -0.4 is 15.4 Å². The molecule has 0 aliphatic heterocycles. The number of para-hydroxylation sites is 1. The van der Waals surface area contributed by atoms with Crippen molar-refractivity contribution in [3.8, 4) is 11.5 Å². The van der Waals surface area contributed by atoms with E-state index >= 15 is 0 Å². The largest absolute Gasteiger partial charge is 0.455 e. The molecule has 6 heteroatoms. The number of hydrogen-bond donors (Lipinski definition) is 2. The Bertz CT molecular complexity index is 870. The van der Waals surface area contributed by atoms with E-state index in [0.29, 0.717) is 26.6 Å². The van der Waals surface area contributed by atoms with Crippen molar-refractivity contribution in [1.29, 1.82) is 0 Å². The van der Waals surface area contributed by atoms with Crippen LogP contribution in [-0.4, -0.2) is 5.11 Å². The predicted octanol–water partition coefficient (Wildman–Crippen LogP) is 6.59. The van der Waals surface area contributed by atoms with E-state index in [9.17, 15) is 0 Å². The molecule has 2 N–H and O–H groups in total. The summed E-state index contributed by atoms with van der Waals surface area (Å²) in [5, 5.41) is 7.87. The van der Waals surface area contributed by atoms with E-state index in [4.69, 9.17) is 40.2 Å². The summed E-state index contributed by atoms with van der Waals surface area (Å²) in [5.74, 6) is 1.35. The fourth-order valence-electron chi connectivity index (χ4n) is 2.12. The Labute approximate surface area is 161 Å². The van der Waals surface area contributed by atoms with Gasteiger partial charge in [-0.25, -0.2) is 0 Å². The van der Waals surface area contributed by atoms with Crippen LogP contribution in [0, 0.1) is 0 Å². The van der Waals surface area contributed by atoms with Gasteiger partial charge in [0.15, 0.2) is 10.9 Å². The lowest BCUT2D eigenvalue weighted by Crippen LogP contribution is -2.19. The molecule has 3 rings (SSSR count). The minimum atomic E-state index is 0.419. The van der Waals surface area contributed by atoms with E-state index in [1.165, 1.54) is 0 Å². The van der Waals surface area contributed by atoms with E-state index < -0.39 is 0 Å². The molecule has 0 amide bonds. The van der Waals surface area contributed by atoms with E-state index in [1.54, 1.807) is 30.3 Å². The number of halogens is 2. The molecular weight excluding hydrogens is 375 g/mol. The number of hydrogen-bond acceptors (Lipinski definition) is 2. The monoisotopic (exact) mass is 388 g/mol. The summed E-state index contributed by atoms with van der Waals surface area (Å²) in [6.07, 6.45) is 0. The first-order chi connectivity index (χ1) is 12.1. The zero-order chi connectivity index (χ0) is 17.6. The number of benzene rings is 3. The second kappa shape index (κ2) is 8.21. The van der Waals surface area contributed by atoms with Crippen molar-refractivity contribution in [2.45, 2.75) is 0 Å². The summed E-state index contributed by atoms with van der Waals surface area (Å²) < 4.78 is 5.91. The molecule has 0 heterocycles. The van der Waals surface area contributed by atoms with Crippen molar-refractivity contribution >= 4 is 51.9 Å². The van der Waals surface area contributed by atoms with Crippen molar-refractivity contribution in [2.75, 3.05) is 10.6 Å². The van der Waals surface area contributed by atoms with E-state index in [2.05, 4.69) is 10.6 Å². The van der Waals surface area contributed by atoms with Crippen LogP contribution in [0.15, 0.2) is 72.8 Å². The van der Waals surface area contributed by atoms with Crippen molar-refractivity contribution in [3.63, 3.8) is 0 Å². The Kier molecular flexibility index (Phi) is 5.76. The van der Waals surface area contributed by atoms with Gasteiger partial charge in [0.05, 0.1) is 5.69 Å². The number of rotatable bonds is 4. The molecular formula is C19H14Cl2N2OS. The van der Waals surface area contributed by atoms with Crippen LogP contribution in [0.5, 0.6) is 11.5 Å². The molecule has 0 aromatic heterocycles. The third kappa shape index (κ3) is 5.10. The maximum atomic E-state index is 6.11. The molecule has 0 aliphatic rings. The minimum absolute atomic E-state index is 0.419. The maximum absolute atomic E-state index is 6.11. The Morgan fingerprint density at radius 3 is 2.20 bits per heavy atom. The second-order valence-electron chi connectivity index (χ2n) is 5.14. The van der Waals surface area contributed by atoms with Gasteiger partial charge in [-0.1, -0.05) is 41.4 Å². The Morgan fingerprint density at radius 1 is 0.800 bits per heavy atom. The van der Waals surface area contributed by atoms with Gasteiger partial charge in [0.1, 0.15) is 5.75 Å². The average Bonchev–Trinajstić information content (AvgIpc) is 2.60. The first-order valence-corrected chi connectivity index (χ1v) is 8.62. The molecule has 0 saturated heterocycles. The Balaban J connectivity index is 1.75. The molecule has 3 aromatic carbocycles. The molecule has 25 heavy (non-hydrogen) atoms. The molecule has 3 aromatic rings. The van der Waals surface area contributed by atoms with Crippen LogP contribution in [0.1, 0.15) is 0 Å². The van der Waals surface area contributed by atoms with Crippen LogP contribution in [-0.2, 0) is 0 Å². The lowest BCUT2D eigenvalue weighted by Gasteiger charge is -2.15. The van der Waals surface area contributed by atoms with E-state index in [0.717, 1.165) is 11.4 Å². The maximum Gasteiger partial charge on any atom is 0.175 e. The van der Waals surface area contributed by atoms with Gasteiger partial charge in [-0.2, -0.15) is 0 Å². The summed E-state index contributed by atoms with van der Waals surface area (Å²) in [6.45, 7) is 0. The summed E-state index contributed by atoms with van der Waals surface area (Å²) in [7, 11) is 0. The van der Waals surface area contributed by atoms with Gasteiger partial charge in [-0.3, -0.25) is 0 Å². The van der Waals surface area contributed by atoms with Gasteiger partial charge in [0.25, 0.3) is 0 Å². The number of thiocarbonyl (C=S) groups is 1. The lowest BCUT2D eigenvalue weighted by atomic mass is 10.3. The first kappa shape index (κ1) is 17.5. The van der Waals surface area contributed by atoms with E-state index in [-0.39, 0.29) is 0 Å². The third-order valence-corrected chi connectivity index (χ3v) is 3.95. The summed E-state index contributed by atoms with van der Waals surface area (Å²) >= 11 is 17.4. The zero-order valence-corrected chi connectivity index (χ0v) is 15.3. The van der Waals surface area contributed by atoms with Crippen molar-refractivity contribution < 1.29 is 4.74 Å². The molecule has 0 aliphatic carbocycles. The molecule has 126 valence electrons. The number of nitrogens with one attached hydrogen (secondary N) is 2. The standard InChI is InChI=1S/C19H14Cl2N2OS/c20-13-6-9-15(10-7-13)22-19(25)23-17-12-14(21)8-11-18(17)24-16-4-2-1-3-5-16/h1-12H,(H2,22,23,25). The fraction of sp³-hybridized carbons (Fsp3) is 0. The average molecular weight is 389 g/mol. The number of anilines is 2. The summed E-state index contributed by atoms with van der Waals surface area (Å²) in [4.78, 5) is 0. The van der Waals surface area contributed by atoms with Gasteiger partial charge >= 0.3 is 0 Å². The summed E-state index contributed by atoms with van der Waals surface area (Å²) in [5.41, 5.74) is 1.50. The predicted molar refractivity (Wildman–Crippen MR) is 109 cm³/mol. The summed E-state index contributed by atoms with van der Waals surface area (Å²) in [6, 6.07) is 22.1. The third-order valence-electron chi connectivity index (χ3n) is 3.26. The van der Waals surface area contributed by atoms with Crippen molar-refractivity contribution in [1.82, 2.24) is 0 Å². The smallest absolute Gasteiger partial charge is 0.175 e. The second-order valence-corrected chi connectivity index (χ2v) is 6.42. The minimum Gasteiger partial charge on any atom is -0.455 e. The molecule has 0 radical (unpaired) electrons. The van der Waals surface area contributed by atoms with Gasteiger partial charge in [0, 0.05) is 15.7 Å². The number of ether oxygens (including phenoxy) is 1. The quantitative estimate of drug-likeness (QED) is 0.493. The fourth-order valence-corrected chi connectivity index (χ4v) is 2.65. The van der Waals surface area contributed by atoms with Gasteiger partial charge < -0.3 is 15.4 Å². The molecule has 3 nitrogen and oxygen atoms in total. The van der Waals surface area contributed by atoms with Crippen molar-refractivity contribution in [3.05, 3.63) is 82.8 Å². The molecule has 0 bridgehead atoms. The van der Waals surface area contributed by atoms with Crippen LogP contribution in [0.2, 0.25) is 10.0 Å². The SMILES string of the molecule is S=C(Nc1ccc(Cl)cc1)Nc1cc(Cl)ccc1Oc1ccccc1. The highest BCUT2D eigenvalue weighted by Crippen LogP contribution is 2.32. The molecule has 0 fully saturated rings. The van der Waals surface area contributed by atoms with Gasteiger partial charge in [-0.15, -0.1) is 0 Å². The topological polar surface area (TPSA) is 33.3 Å². The Morgan fingerprint density at radius 2 is 1.48 bits per heavy atom. The first-order valence-electron chi connectivity index (χ1n) is 7.46. The Hall–Kier alpha value is -2.27. The normalized spacial score (nSPS) is 10.2. The molecule has 0 unspecified atom stereocenters. The van der Waals surface area contributed by atoms with Gasteiger partial charge in [0.2, 0.25) is 0 Å². The van der Waals surface area contributed by atoms with Gasteiger partial charge in [-0.05, 0) is 66.8 Å². The van der Waals surface area contributed by atoms with Crippen LogP contribution in [0.4, 0.5) is 11.4 Å². The highest BCUT2D eigenvalue weighted by atomic mass is 35.5. The highest BCUT2D eigenvalue weighted by Gasteiger charge is 2.08. The highest BCUT2D eigenvalue weighted by molar-refractivity contribution is 7.80. The van der Waals surface area contributed by atoms with Crippen LogP contribution in [0.25, 0.3) is 0 Å². The molecule has 0 saturated carbocycles. The van der Waals surface area contributed by atoms with E-state index in [1.807, 2.05) is 42.5 Å². The molecule has 0 spiro atoms. The zero-order valence-electron chi connectivity index (χ0n) is 13.0.